The summed E-state index contributed by atoms with van der Waals surface area (Å²) in [6.07, 6.45) is -0.415. The highest BCUT2D eigenvalue weighted by Gasteiger charge is 2.52. The predicted molar refractivity (Wildman–Crippen MR) is 158 cm³/mol. The first kappa shape index (κ1) is 32.4. The number of ether oxygens (including phenoxy) is 1. The van der Waals surface area contributed by atoms with Gasteiger partial charge in [-0.1, -0.05) is 6.92 Å². The number of carbonyl (C=O) groups excluding carboxylic acids is 1. The fourth-order valence-electron chi connectivity index (χ4n) is 5.76. The van der Waals surface area contributed by atoms with E-state index in [1.807, 2.05) is 24.0 Å². The van der Waals surface area contributed by atoms with Crippen LogP contribution in [0.4, 0.5) is 24.5 Å². The molecule has 0 saturated carbocycles. The van der Waals surface area contributed by atoms with Gasteiger partial charge in [0.25, 0.3) is 5.91 Å². The molecule has 3 heterocycles. The van der Waals surface area contributed by atoms with Crippen molar-refractivity contribution in [1.82, 2.24) is 9.88 Å². The first-order chi connectivity index (χ1) is 20.2. The van der Waals surface area contributed by atoms with Crippen molar-refractivity contribution in [3.05, 3.63) is 47.3 Å². The van der Waals surface area contributed by atoms with E-state index in [1.54, 1.807) is 31.7 Å². The van der Waals surface area contributed by atoms with Gasteiger partial charge in [0.1, 0.15) is 23.4 Å². The number of aliphatic carboxylic acids is 1. The summed E-state index contributed by atoms with van der Waals surface area (Å²) in [6.45, 7) is 9.05. The number of nitriles is 1. The number of halogens is 3. The molecule has 9 nitrogen and oxygen atoms in total. The van der Waals surface area contributed by atoms with E-state index in [9.17, 15) is 27.9 Å². The van der Waals surface area contributed by atoms with E-state index >= 15 is 0 Å². The predicted octanol–water partition coefficient (Wildman–Crippen LogP) is 5.33. The topological polar surface area (TPSA) is 110 Å². The normalized spacial score (nSPS) is 20.3. The van der Waals surface area contributed by atoms with Gasteiger partial charge in [-0.05, 0) is 95.3 Å². The third-order valence-electron chi connectivity index (χ3n) is 8.41. The second kappa shape index (κ2) is 12.6. The van der Waals surface area contributed by atoms with Gasteiger partial charge in [0.15, 0.2) is 11.2 Å². The lowest BCUT2D eigenvalue weighted by Gasteiger charge is -2.34. The van der Waals surface area contributed by atoms with Crippen LogP contribution in [-0.2, 0) is 22.2 Å². The van der Waals surface area contributed by atoms with Crippen LogP contribution in [0.15, 0.2) is 30.5 Å². The van der Waals surface area contributed by atoms with Gasteiger partial charge in [-0.2, -0.15) is 18.4 Å². The molecule has 1 aromatic carbocycles. The van der Waals surface area contributed by atoms with E-state index in [-0.39, 0.29) is 5.69 Å². The number of hydrogen-bond acceptors (Lipinski definition) is 8. The number of aryl methyl sites for hydroxylation is 1. The molecule has 0 aliphatic carbocycles. The third-order valence-corrected chi connectivity index (χ3v) is 8.87. The summed E-state index contributed by atoms with van der Waals surface area (Å²) < 4.78 is 47.0. The highest BCUT2D eigenvalue weighted by atomic mass is 32.1. The Balaban J connectivity index is 1.48. The van der Waals surface area contributed by atoms with Crippen LogP contribution in [0.3, 0.4) is 0 Å². The second-order valence-electron chi connectivity index (χ2n) is 11.4. The summed E-state index contributed by atoms with van der Waals surface area (Å²) in [4.78, 5) is 33.4. The Hall–Kier alpha value is -3.50. The van der Waals surface area contributed by atoms with Crippen LogP contribution in [0.2, 0.25) is 0 Å². The summed E-state index contributed by atoms with van der Waals surface area (Å²) in [5, 5.41) is 18.3. The monoisotopic (exact) mass is 619 g/mol. The maximum atomic E-state index is 13.6. The Bertz CT molecular complexity index is 1410. The van der Waals surface area contributed by atoms with Crippen molar-refractivity contribution in [2.24, 2.45) is 5.92 Å². The van der Waals surface area contributed by atoms with Gasteiger partial charge in [-0.15, -0.1) is 12.6 Å². The Morgan fingerprint density at radius 1 is 1.26 bits per heavy atom. The number of anilines is 2. The van der Waals surface area contributed by atoms with Crippen molar-refractivity contribution in [2.45, 2.75) is 76.6 Å². The lowest BCUT2D eigenvalue weighted by molar-refractivity contribution is -0.143. The van der Waals surface area contributed by atoms with E-state index < -0.39 is 46.4 Å². The fourth-order valence-corrected chi connectivity index (χ4v) is 6.42. The number of pyridine rings is 1. The van der Waals surface area contributed by atoms with Crippen molar-refractivity contribution in [2.75, 3.05) is 29.5 Å². The molecule has 232 valence electrons. The van der Waals surface area contributed by atoms with E-state index in [2.05, 4.69) is 17.6 Å². The Labute approximate surface area is 254 Å². The van der Waals surface area contributed by atoms with Crippen LogP contribution in [0.5, 0.6) is 5.75 Å². The molecule has 2 aliphatic heterocycles. The van der Waals surface area contributed by atoms with Crippen LogP contribution in [0, 0.1) is 17.2 Å². The first-order valence-corrected chi connectivity index (χ1v) is 14.7. The van der Waals surface area contributed by atoms with Crippen molar-refractivity contribution < 1.29 is 32.6 Å². The number of nitrogens with zero attached hydrogens (tertiary/aromatic N) is 5. The van der Waals surface area contributed by atoms with Crippen LogP contribution < -0.4 is 14.5 Å². The summed E-state index contributed by atoms with van der Waals surface area (Å²) in [5.74, 6) is -0.110. The van der Waals surface area contributed by atoms with Gasteiger partial charge in [0.05, 0.1) is 24.1 Å². The number of hydrogen-bond donors (Lipinski definition) is 2. The number of carboxylic acid groups (broad SMARTS) is 1. The van der Waals surface area contributed by atoms with Gasteiger partial charge >= 0.3 is 12.1 Å². The number of amides is 1. The number of carboxylic acids is 1. The van der Waals surface area contributed by atoms with Crippen molar-refractivity contribution in [1.29, 1.82) is 5.26 Å². The van der Waals surface area contributed by atoms with Crippen LogP contribution in [0.1, 0.15) is 63.8 Å². The molecule has 2 aliphatic rings. The summed E-state index contributed by atoms with van der Waals surface area (Å²) in [7, 11) is 0. The minimum atomic E-state index is -4.82. The van der Waals surface area contributed by atoms with E-state index in [1.165, 1.54) is 6.07 Å². The molecule has 1 N–H and O–H groups in total. The Kier molecular flexibility index (Phi) is 9.51. The molecule has 2 atom stereocenters. The number of piperidine rings is 1. The minimum Gasteiger partial charge on any atom is -0.493 e. The average molecular weight is 620 g/mol. The SMILES string of the molecule is CCc1cc(N2[C@@H](S)N(c3cnc(C#N)c(C(F)(F)F)c3)C(=O)C2(C)C)ccc1OCCC1CCN([C@H](C)C(=O)O)CC1. The van der Waals surface area contributed by atoms with Crippen molar-refractivity contribution in [3.63, 3.8) is 0 Å². The highest BCUT2D eigenvalue weighted by Crippen LogP contribution is 2.42. The number of thiol groups is 1. The molecule has 0 spiro atoms. The molecule has 43 heavy (non-hydrogen) atoms. The minimum absolute atomic E-state index is 0.106. The van der Waals surface area contributed by atoms with E-state index in [0.717, 1.165) is 55.1 Å². The van der Waals surface area contributed by atoms with Gasteiger partial charge in [-0.25, -0.2) is 4.98 Å². The summed E-state index contributed by atoms with van der Waals surface area (Å²) in [6, 6.07) is 7.27. The van der Waals surface area contributed by atoms with Crippen molar-refractivity contribution in [3.8, 4) is 11.8 Å². The molecule has 1 aromatic heterocycles. The number of rotatable bonds is 9. The molecule has 2 fully saturated rings. The molecule has 4 rings (SSSR count). The number of aromatic nitrogens is 1. The molecular formula is C30H36F3N5O4S. The zero-order valence-corrected chi connectivity index (χ0v) is 25.5. The average Bonchev–Trinajstić information content (AvgIpc) is 3.14. The number of carbonyl (C=O) groups is 2. The zero-order valence-electron chi connectivity index (χ0n) is 24.6. The van der Waals surface area contributed by atoms with E-state index in [0.29, 0.717) is 30.4 Å². The van der Waals surface area contributed by atoms with Gasteiger partial charge in [0, 0.05) is 5.69 Å². The third kappa shape index (κ3) is 6.55. The highest BCUT2D eigenvalue weighted by molar-refractivity contribution is 7.81. The number of likely N-dealkylation sites (tertiary alicyclic amines) is 1. The number of benzene rings is 1. The maximum absolute atomic E-state index is 13.6. The summed E-state index contributed by atoms with van der Waals surface area (Å²) in [5.41, 5.74) is -2.62. The largest absolute Gasteiger partial charge is 0.493 e. The van der Waals surface area contributed by atoms with Crippen LogP contribution >= 0.6 is 12.6 Å². The molecule has 0 unspecified atom stereocenters. The lowest BCUT2D eigenvalue weighted by atomic mass is 9.93. The van der Waals surface area contributed by atoms with Gasteiger partial charge in [-0.3, -0.25) is 19.4 Å². The van der Waals surface area contributed by atoms with E-state index in [4.69, 9.17) is 10.00 Å². The molecule has 13 heteroatoms. The standard InChI is InChI=1S/C30H36F3N5O4S/c1-5-20-14-21(6-7-25(20)42-13-10-19-8-11-36(12-9-19)18(2)26(39)40)38-28(43)37(27(41)29(38,3)4)22-15-23(30(31,32)33)24(16-34)35-17-22/h6-7,14-15,17-19,28,43H,5,8-13H2,1-4H3,(H,39,40)/t18-,28+/m1/s1. The number of alkyl halides is 3. The molecule has 0 radical (unpaired) electrons. The lowest BCUT2D eigenvalue weighted by Crippen LogP contribution is -2.45. The maximum Gasteiger partial charge on any atom is 0.419 e. The Morgan fingerprint density at radius 2 is 1.93 bits per heavy atom. The van der Waals surface area contributed by atoms with Gasteiger partial charge < -0.3 is 14.7 Å². The molecule has 2 saturated heterocycles. The smallest absolute Gasteiger partial charge is 0.419 e. The van der Waals surface area contributed by atoms with Crippen LogP contribution in [-0.4, -0.2) is 63.6 Å². The quantitative estimate of drug-likeness (QED) is 0.363. The molecular weight excluding hydrogens is 583 g/mol. The van der Waals surface area contributed by atoms with Gasteiger partial charge in [0.2, 0.25) is 0 Å². The molecule has 0 bridgehead atoms. The summed E-state index contributed by atoms with van der Waals surface area (Å²) >= 11 is 4.66. The molecule has 2 aromatic rings. The van der Waals surface area contributed by atoms with Crippen molar-refractivity contribution >= 4 is 35.9 Å². The molecule has 1 amide bonds. The van der Waals surface area contributed by atoms with Crippen LogP contribution in [0.25, 0.3) is 0 Å². The fraction of sp³-hybridized carbons (Fsp3) is 0.533. The first-order valence-electron chi connectivity index (χ1n) is 14.2. The zero-order chi connectivity index (χ0) is 31.7. The Morgan fingerprint density at radius 3 is 2.51 bits per heavy atom. The second-order valence-corrected chi connectivity index (χ2v) is 11.9.